The minimum absolute atomic E-state index is 0.0384. The van der Waals surface area contributed by atoms with Crippen molar-refractivity contribution >= 4 is 39.1 Å². The minimum atomic E-state index is 0.0384. The zero-order valence-corrected chi connectivity index (χ0v) is 12.5. The smallest absolute Gasteiger partial charge is 0.238 e. The minimum Gasteiger partial charge on any atom is -0.438 e. The van der Waals surface area contributed by atoms with Gasteiger partial charge in [0.1, 0.15) is 16.5 Å². The lowest BCUT2D eigenvalue weighted by Crippen LogP contribution is -2.18. The van der Waals surface area contributed by atoms with E-state index in [1.165, 1.54) is 6.33 Å². The SMILES string of the molecule is O=C1CCc2cc(Oc3ncnc(Cl)c3Br)ccc2N1. The van der Waals surface area contributed by atoms with Crippen LogP contribution in [0.4, 0.5) is 5.69 Å². The van der Waals surface area contributed by atoms with E-state index in [4.69, 9.17) is 16.3 Å². The molecule has 102 valence electrons. The fourth-order valence-corrected chi connectivity index (χ4v) is 2.35. The second kappa shape index (κ2) is 5.38. The Labute approximate surface area is 128 Å². The number of fused-ring (bicyclic) bond motifs is 1. The predicted molar refractivity (Wildman–Crippen MR) is 78.2 cm³/mol. The molecule has 0 fully saturated rings. The molecule has 3 rings (SSSR count). The number of hydrogen-bond donors (Lipinski definition) is 1. The van der Waals surface area contributed by atoms with E-state index < -0.39 is 0 Å². The van der Waals surface area contributed by atoms with Gasteiger partial charge < -0.3 is 10.1 Å². The van der Waals surface area contributed by atoms with Crippen molar-refractivity contribution in [3.8, 4) is 11.6 Å². The third-order valence-corrected chi connectivity index (χ3v) is 4.13. The highest BCUT2D eigenvalue weighted by Gasteiger charge is 2.16. The van der Waals surface area contributed by atoms with Crippen LogP contribution in [0.25, 0.3) is 0 Å². The second-order valence-electron chi connectivity index (χ2n) is 4.25. The molecule has 0 spiro atoms. The van der Waals surface area contributed by atoms with Crippen LogP contribution < -0.4 is 10.1 Å². The van der Waals surface area contributed by atoms with Crippen molar-refractivity contribution in [1.29, 1.82) is 0 Å². The van der Waals surface area contributed by atoms with Crippen molar-refractivity contribution in [2.24, 2.45) is 0 Å². The van der Waals surface area contributed by atoms with Crippen molar-refractivity contribution < 1.29 is 9.53 Å². The number of carbonyl (C=O) groups excluding carboxylic acids is 1. The van der Waals surface area contributed by atoms with Crippen molar-refractivity contribution in [1.82, 2.24) is 9.97 Å². The molecule has 7 heteroatoms. The third-order valence-electron chi connectivity index (χ3n) is 2.90. The molecule has 2 aromatic rings. The van der Waals surface area contributed by atoms with E-state index in [-0.39, 0.29) is 5.91 Å². The number of ether oxygens (including phenoxy) is 1. The molecule has 0 bridgehead atoms. The number of aromatic nitrogens is 2. The highest BCUT2D eigenvalue weighted by molar-refractivity contribution is 9.10. The Morgan fingerprint density at radius 1 is 1.30 bits per heavy atom. The van der Waals surface area contributed by atoms with Crippen molar-refractivity contribution in [3.05, 3.63) is 39.7 Å². The fraction of sp³-hybridized carbons (Fsp3) is 0.154. The maximum atomic E-state index is 11.3. The first-order chi connectivity index (χ1) is 9.63. The van der Waals surface area contributed by atoms with Gasteiger partial charge in [-0.3, -0.25) is 4.79 Å². The van der Waals surface area contributed by atoms with Gasteiger partial charge in [-0.1, -0.05) is 11.6 Å². The summed E-state index contributed by atoms with van der Waals surface area (Å²) in [5.41, 5.74) is 1.87. The van der Waals surface area contributed by atoms with Crippen LogP contribution in [0, 0.1) is 0 Å². The van der Waals surface area contributed by atoms with Gasteiger partial charge in [-0.25, -0.2) is 9.97 Å². The lowest BCUT2D eigenvalue weighted by molar-refractivity contribution is -0.116. The number of amides is 1. The number of nitrogens with one attached hydrogen (secondary N) is 1. The molecule has 1 aliphatic rings. The molecular formula is C13H9BrClN3O2. The zero-order valence-electron chi connectivity index (χ0n) is 10.2. The Morgan fingerprint density at radius 2 is 2.15 bits per heavy atom. The molecule has 1 aliphatic heterocycles. The average Bonchev–Trinajstić information content (AvgIpc) is 2.44. The quantitative estimate of drug-likeness (QED) is 0.837. The molecule has 0 radical (unpaired) electrons. The largest absolute Gasteiger partial charge is 0.438 e. The third kappa shape index (κ3) is 2.62. The Hall–Kier alpha value is -1.66. The maximum Gasteiger partial charge on any atom is 0.238 e. The standard InChI is InChI=1S/C13H9BrClN3O2/c14-11-12(15)16-6-17-13(11)20-8-2-3-9-7(5-8)1-4-10(19)18-9/h2-3,5-6H,1,4H2,(H,18,19). The first-order valence-corrected chi connectivity index (χ1v) is 7.07. The van der Waals surface area contributed by atoms with Crippen LogP contribution in [0.1, 0.15) is 12.0 Å². The topological polar surface area (TPSA) is 64.1 Å². The molecule has 0 saturated carbocycles. The number of nitrogens with zero attached hydrogens (tertiary/aromatic N) is 2. The second-order valence-corrected chi connectivity index (χ2v) is 5.40. The summed E-state index contributed by atoms with van der Waals surface area (Å²) >= 11 is 9.17. The Bertz CT molecular complexity index is 693. The summed E-state index contributed by atoms with van der Waals surface area (Å²) in [6.07, 6.45) is 2.52. The molecular weight excluding hydrogens is 346 g/mol. The summed E-state index contributed by atoms with van der Waals surface area (Å²) in [5.74, 6) is 1.02. The van der Waals surface area contributed by atoms with Crippen LogP contribution in [0.5, 0.6) is 11.6 Å². The lowest BCUT2D eigenvalue weighted by Gasteiger charge is -2.17. The Balaban J connectivity index is 1.88. The fourth-order valence-electron chi connectivity index (χ4n) is 1.94. The molecule has 5 nitrogen and oxygen atoms in total. The van der Waals surface area contributed by atoms with E-state index in [0.29, 0.717) is 34.1 Å². The first-order valence-electron chi connectivity index (χ1n) is 5.90. The Kier molecular flexibility index (Phi) is 3.58. The molecule has 1 aromatic heterocycles. The maximum absolute atomic E-state index is 11.3. The molecule has 0 aliphatic carbocycles. The van der Waals surface area contributed by atoms with Crippen LogP contribution in [0.3, 0.4) is 0 Å². The molecule has 0 unspecified atom stereocenters. The van der Waals surface area contributed by atoms with Gasteiger partial charge >= 0.3 is 0 Å². The van der Waals surface area contributed by atoms with Gasteiger partial charge in [0, 0.05) is 12.1 Å². The highest BCUT2D eigenvalue weighted by Crippen LogP contribution is 2.33. The monoisotopic (exact) mass is 353 g/mol. The predicted octanol–water partition coefficient (Wildman–Crippen LogP) is 3.57. The van der Waals surface area contributed by atoms with Gasteiger partial charge in [0.05, 0.1) is 0 Å². The highest BCUT2D eigenvalue weighted by atomic mass is 79.9. The summed E-state index contributed by atoms with van der Waals surface area (Å²) in [6.45, 7) is 0. The number of aryl methyl sites for hydroxylation is 1. The van der Waals surface area contributed by atoms with E-state index >= 15 is 0 Å². The van der Waals surface area contributed by atoms with E-state index in [0.717, 1.165) is 11.3 Å². The van der Waals surface area contributed by atoms with Gasteiger partial charge in [0.15, 0.2) is 5.15 Å². The summed E-state index contributed by atoms with van der Waals surface area (Å²) < 4.78 is 6.19. The van der Waals surface area contributed by atoms with Gasteiger partial charge in [-0.2, -0.15) is 0 Å². The van der Waals surface area contributed by atoms with E-state index in [1.807, 2.05) is 12.1 Å². The van der Waals surface area contributed by atoms with Crippen LogP contribution in [-0.4, -0.2) is 15.9 Å². The van der Waals surface area contributed by atoms with Crippen LogP contribution in [-0.2, 0) is 11.2 Å². The average molecular weight is 355 g/mol. The lowest BCUT2D eigenvalue weighted by atomic mass is 10.0. The van der Waals surface area contributed by atoms with Gasteiger partial charge in [0.2, 0.25) is 11.8 Å². The summed E-state index contributed by atoms with van der Waals surface area (Å²) in [7, 11) is 0. The number of benzene rings is 1. The number of rotatable bonds is 2. The molecule has 1 amide bonds. The van der Waals surface area contributed by atoms with Crippen LogP contribution in [0.15, 0.2) is 29.0 Å². The molecule has 1 N–H and O–H groups in total. The summed E-state index contributed by atoms with van der Waals surface area (Å²) in [4.78, 5) is 19.2. The van der Waals surface area contributed by atoms with Gasteiger partial charge in [-0.15, -0.1) is 0 Å². The normalized spacial score (nSPS) is 13.6. The Morgan fingerprint density at radius 3 is 3.00 bits per heavy atom. The number of hydrogen-bond acceptors (Lipinski definition) is 4. The van der Waals surface area contributed by atoms with Crippen molar-refractivity contribution in [2.45, 2.75) is 12.8 Å². The van der Waals surface area contributed by atoms with Gasteiger partial charge in [0.25, 0.3) is 0 Å². The van der Waals surface area contributed by atoms with Crippen molar-refractivity contribution in [2.75, 3.05) is 5.32 Å². The van der Waals surface area contributed by atoms with Crippen LogP contribution >= 0.6 is 27.5 Å². The van der Waals surface area contributed by atoms with Crippen molar-refractivity contribution in [3.63, 3.8) is 0 Å². The summed E-state index contributed by atoms with van der Waals surface area (Å²) in [5, 5.41) is 3.11. The van der Waals surface area contributed by atoms with E-state index in [2.05, 4.69) is 31.2 Å². The van der Waals surface area contributed by atoms with Crippen LogP contribution in [0.2, 0.25) is 5.15 Å². The summed E-state index contributed by atoms with van der Waals surface area (Å²) in [6, 6.07) is 5.47. The zero-order chi connectivity index (χ0) is 14.1. The van der Waals surface area contributed by atoms with Gasteiger partial charge in [-0.05, 0) is 46.1 Å². The number of carbonyl (C=O) groups is 1. The molecule has 0 atom stereocenters. The van der Waals surface area contributed by atoms with E-state index in [9.17, 15) is 4.79 Å². The molecule has 20 heavy (non-hydrogen) atoms. The number of anilines is 1. The molecule has 2 heterocycles. The number of halogens is 2. The first kappa shape index (κ1) is 13.3. The van der Waals surface area contributed by atoms with E-state index in [1.54, 1.807) is 6.07 Å². The molecule has 1 aromatic carbocycles. The molecule has 0 saturated heterocycles.